The highest BCUT2D eigenvalue weighted by atomic mass is 32.1. The second-order valence-electron chi connectivity index (χ2n) is 9.16. The maximum Gasteiger partial charge on any atom is 0.409 e. The van der Waals surface area contributed by atoms with Gasteiger partial charge in [0.25, 0.3) is 6.43 Å². The predicted molar refractivity (Wildman–Crippen MR) is 121 cm³/mol. The normalized spacial score (nSPS) is 25.0. The Morgan fingerprint density at radius 1 is 1.36 bits per heavy atom. The molecule has 33 heavy (non-hydrogen) atoms. The third-order valence-electron chi connectivity index (χ3n) is 7.15. The lowest BCUT2D eigenvalue weighted by atomic mass is 9.78. The van der Waals surface area contributed by atoms with Gasteiger partial charge >= 0.3 is 6.09 Å². The molecule has 11 heteroatoms. The molecule has 2 aromatic rings. The fourth-order valence-electron chi connectivity index (χ4n) is 5.65. The van der Waals surface area contributed by atoms with E-state index in [0.717, 1.165) is 29.8 Å². The number of carbonyl (C=O) groups is 1. The number of anilines is 1. The van der Waals surface area contributed by atoms with Crippen molar-refractivity contribution in [2.45, 2.75) is 44.7 Å². The van der Waals surface area contributed by atoms with Gasteiger partial charge in [0.15, 0.2) is 5.01 Å². The molecular formula is C22H28F2N6O2S. The maximum absolute atomic E-state index is 14.2. The number of nitrogens with zero attached hydrogens (tertiary/aromatic N) is 6. The summed E-state index contributed by atoms with van der Waals surface area (Å²) in [6.07, 6.45) is 1.68. The van der Waals surface area contributed by atoms with E-state index in [1.807, 2.05) is 21.9 Å². The van der Waals surface area contributed by atoms with Gasteiger partial charge in [-0.1, -0.05) is 11.3 Å². The van der Waals surface area contributed by atoms with E-state index in [1.54, 1.807) is 23.5 Å². The van der Waals surface area contributed by atoms with Gasteiger partial charge in [-0.3, -0.25) is 4.90 Å². The molecule has 0 bridgehead atoms. The van der Waals surface area contributed by atoms with E-state index in [9.17, 15) is 13.6 Å². The fraction of sp³-hybridized carbons (Fsp3) is 0.636. The molecule has 178 valence electrons. The third-order valence-corrected chi connectivity index (χ3v) is 7.88. The van der Waals surface area contributed by atoms with Crippen molar-refractivity contribution in [3.63, 3.8) is 0 Å². The highest BCUT2D eigenvalue weighted by Gasteiger charge is 2.52. The second-order valence-corrected chi connectivity index (χ2v) is 9.99. The summed E-state index contributed by atoms with van der Waals surface area (Å²) in [5.41, 5.74) is 2.54. The maximum atomic E-state index is 14.2. The molecule has 3 aliphatic rings. The Morgan fingerprint density at radius 3 is 2.94 bits per heavy atom. The van der Waals surface area contributed by atoms with Gasteiger partial charge in [-0.2, -0.15) is 0 Å². The molecule has 1 unspecified atom stereocenters. The SMILES string of the molecule is CCOC(=O)N1CC2(CCC(N3CCN(c4ncccc4-c4nncs4)C[C@@H]3C(F)F)C2)C1. The zero-order chi connectivity index (χ0) is 23.0. The molecule has 1 saturated carbocycles. The van der Waals surface area contributed by atoms with Crippen LogP contribution in [0.15, 0.2) is 23.8 Å². The molecule has 3 fully saturated rings. The fourth-order valence-corrected chi connectivity index (χ4v) is 6.23. The van der Waals surface area contributed by atoms with Crippen LogP contribution in [0.25, 0.3) is 10.6 Å². The number of pyridine rings is 1. The summed E-state index contributed by atoms with van der Waals surface area (Å²) < 4.78 is 33.6. The number of carbonyl (C=O) groups excluding carboxylic acids is 1. The van der Waals surface area contributed by atoms with E-state index in [4.69, 9.17) is 4.74 Å². The Hall–Kier alpha value is -2.40. The van der Waals surface area contributed by atoms with Gasteiger partial charge in [0.1, 0.15) is 11.3 Å². The molecular weight excluding hydrogens is 450 g/mol. The van der Waals surface area contributed by atoms with Gasteiger partial charge in [0.05, 0.1) is 18.2 Å². The van der Waals surface area contributed by atoms with Crippen LogP contribution in [0.4, 0.5) is 19.4 Å². The van der Waals surface area contributed by atoms with Crippen molar-refractivity contribution < 1.29 is 18.3 Å². The van der Waals surface area contributed by atoms with Crippen LogP contribution in [-0.4, -0.2) is 88.9 Å². The quantitative estimate of drug-likeness (QED) is 0.652. The van der Waals surface area contributed by atoms with Crippen LogP contribution < -0.4 is 4.90 Å². The number of ether oxygens (including phenoxy) is 1. The van der Waals surface area contributed by atoms with E-state index < -0.39 is 12.5 Å². The summed E-state index contributed by atoms with van der Waals surface area (Å²) in [5.74, 6) is 0.687. The molecule has 2 atom stereocenters. The minimum absolute atomic E-state index is 0.0488. The monoisotopic (exact) mass is 478 g/mol. The lowest BCUT2D eigenvalue weighted by Gasteiger charge is -2.49. The number of hydrogen-bond donors (Lipinski definition) is 0. The smallest absolute Gasteiger partial charge is 0.409 e. The minimum atomic E-state index is -2.45. The average Bonchev–Trinajstić information content (AvgIpc) is 3.48. The minimum Gasteiger partial charge on any atom is -0.450 e. The van der Waals surface area contributed by atoms with Crippen LogP contribution in [-0.2, 0) is 4.74 Å². The molecule has 1 spiro atoms. The van der Waals surface area contributed by atoms with Crippen LogP contribution in [0.2, 0.25) is 0 Å². The summed E-state index contributed by atoms with van der Waals surface area (Å²) >= 11 is 1.41. The lowest BCUT2D eigenvalue weighted by molar-refractivity contribution is -0.0223. The number of amides is 1. The highest BCUT2D eigenvalue weighted by Crippen LogP contribution is 2.48. The molecule has 5 rings (SSSR count). The first kappa shape index (κ1) is 22.4. The van der Waals surface area contributed by atoms with Gasteiger partial charge in [-0.05, 0) is 38.3 Å². The molecule has 0 N–H and O–H groups in total. The molecule has 2 aromatic heterocycles. The summed E-state index contributed by atoms with van der Waals surface area (Å²) in [6, 6.07) is 3.00. The Labute approximate surface area is 195 Å². The number of rotatable bonds is 5. The molecule has 0 aromatic carbocycles. The van der Waals surface area contributed by atoms with Crippen molar-refractivity contribution >= 4 is 23.2 Å². The van der Waals surface area contributed by atoms with Crippen LogP contribution in [0, 0.1) is 5.41 Å². The molecule has 2 aliphatic heterocycles. The predicted octanol–water partition coefficient (Wildman–Crippen LogP) is 3.37. The van der Waals surface area contributed by atoms with Crippen molar-refractivity contribution in [2.24, 2.45) is 5.41 Å². The van der Waals surface area contributed by atoms with Crippen LogP contribution >= 0.6 is 11.3 Å². The first-order valence-corrected chi connectivity index (χ1v) is 12.3. The zero-order valence-electron chi connectivity index (χ0n) is 18.6. The van der Waals surface area contributed by atoms with E-state index in [0.29, 0.717) is 38.6 Å². The Morgan fingerprint density at radius 2 is 2.21 bits per heavy atom. The van der Waals surface area contributed by atoms with E-state index in [-0.39, 0.29) is 24.1 Å². The number of aromatic nitrogens is 3. The molecule has 1 aliphatic carbocycles. The molecule has 8 nitrogen and oxygen atoms in total. The van der Waals surface area contributed by atoms with Crippen molar-refractivity contribution in [1.82, 2.24) is 25.0 Å². The summed E-state index contributed by atoms with van der Waals surface area (Å²) in [6.45, 7) is 4.90. The van der Waals surface area contributed by atoms with Gasteiger partial charge < -0.3 is 14.5 Å². The number of hydrogen-bond acceptors (Lipinski definition) is 8. The van der Waals surface area contributed by atoms with E-state index in [2.05, 4.69) is 15.2 Å². The van der Waals surface area contributed by atoms with E-state index in [1.165, 1.54) is 11.3 Å². The third kappa shape index (κ3) is 4.28. The first-order chi connectivity index (χ1) is 16.0. The highest BCUT2D eigenvalue weighted by molar-refractivity contribution is 7.12. The summed E-state index contributed by atoms with van der Waals surface area (Å²) in [7, 11) is 0. The molecule has 1 amide bonds. The van der Waals surface area contributed by atoms with Crippen molar-refractivity contribution in [3.8, 4) is 10.6 Å². The summed E-state index contributed by atoms with van der Waals surface area (Å²) in [4.78, 5) is 22.2. The van der Waals surface area contributed by atoms with Gasteiger partial charge in [-0.15, -0.1) is 10.2 Å². The Kier molecular flexibility index (Phi) is 6.17. The van der Waals surface area contributed by atoms with Crippen molar-refractivity contribution in [2.75, 3.05) is 44.2 Å². The molecule has 2 saturated heterocycles. The standard InChI is InChI=1S/C22H28F2N6O2S/c1-2-32-21(31)29-12-22(13-29)6-5-15(10-22)30-9-8-28(11-17(30)18(23)24)19-16(4-3-7-25-19)20-27-26-14-33-20/h3-4,7,14-15,17-18H,2,5-6,8-13H2,1H3/t15?,17-/m1/s1. The first-order valence-electron chi connectivity index (χ1n) is 11.4. The van der Waals surface area contributed by atoms with E-state index >= 15 is 0 Å². The largest absolute Gasteiger partial charge is 0.450 e. The topological polar surface area (TPSA) is 74.7 Å². The molecule has 4 heterocycles. The van der Waals surface area contributed by atoms with Crippen LogP contribution in [0.3, 0.4) is 0 Å². The number of likely N-dealkylation sites (tertiary alicyclic amines) is 1. The van der Waals surface area contributed by atoms with Gasteiger partial charge in [0, 0.05) is 50.4 Å². The van der Waals surface area contributed by atoms with Gasteiger partial charge in [-0.25, -0.2) is 18.6 Å². The van der Waals surface area contributed by atoms with Crippen LogP contribution in [0.5, 0.6) is 0 Å². The number of halogens is 2. The number of piperazine rings is 1. The molecule has 0 radical (unpaired) electrons. The van der Waals surface area contributed by atoms with Crippen molar-refractivity contribution in [3.05, 3.63) is 23.8 Å². The number of alkyl halides is 2. The Bertz CT molecular complexity index is 972. The average molecular weight is 479 g/mol. The Balaban J connectivity index is 1.27. The zero-order valence-corrected chi connectivity index (χ0v) is 19.4. The van der Waals surface area contributed by atoms with Crippen LogP contribution in [0.1, 0.15) is 26.2 Å². The summed E-state index contributed by atoms with van der Waals surface area (Å²) in [5, 5.41) is 8.79. The van der Waals surface area contributed by atoms with Crippen molar-refractivity contribution in [1.29, 1.82) is 0 Å². The second kappa shape index (κ2) is 9.09. The van der Waals surface area contributed by atoms with Gasteiger partial charge in [0.2, 0.25) is 0 Å². The lowest BCUT2D eigenvalue weighted by Crippen LogP contribution is -2.61.